The molecule has 0 aromatic heterocycles. The Kier molecular flexibility index (Phi) is 5.70. The molecule has 2 aromatic carbocycles. The highest BCUT2D eigenvalue weighted by Crippen LogP contribution is 2.39. The Morgan fingerprint density at radius 2 is 1.74 bits per heavy atom. The van der Waals surface area contributed by atoms with E-state index < -0.39 is 0 Å². The Hall–Kier alpha value is -1.97. The second-order valence-corrected chi connectivity index (χ2v) is 8.59. The van der Waals surface area contributed by atoms with Gasteiger partial charge in [-0.15, -0.1) is 11.8 Å². The molecular weight excluding hydrogens is 348 g/mol. The minimum Gasteiger partial charge on any atom is -0.355 e. The molecule has 1 N–H and O–H groups in total. The molecule has 1 saturated heterocycles. The zero-order chi connectivity index (χ0) is 18.6. The van der Waals surface area contributed by atoms with Crippen LogP contribution in [-0.4, -0.2) is 30.3 Å². The van der Waals surface area contributed by atoms with Crippen LogP contribution in [0.15, 0.2) is 71.3 Å². The molecule has 27 heavy (non-hydrogen) atoms. The molecule has 0 spiro atoms. The van der Waals surface area contributed by atoms with Gasteiger partial charge in [0.05, 0.1) is 0 Å². The predicted octanol–water partition coefficient (Wildman–Crippen LogP) is 6.03. The molecule has 0 atom stereocenters. The maximum Gasteiger partial charge on any atom is 0.0464 e. The number of nitrogens with one attached hydrogen (secondary N) is 1. The molecule has 0 radical (unpaired) electrons. The van der Waals surface area contributed by atoms with Gasteiger partial charge in [0.25, 0.3) is 0 Å². The van der Waals surface area contributed by atoms with Crippen molar-refractivity contribution in [3.63, 3.8) is 0 Å². The van der Waals surface area contributed by atoms with Crippen LogP contribution in [0.25, 0.3) is 5.57 Å². The molecule has 0 amide bonds. The third-order valence-corrected chi connectivity index (χ3v) is 6.57. The summed E-state index contributed by atoms with van der Waals surface area (Å²) >= 11 is 1.97. The summed E-state index contributed by atoms with van der Waals surface area (Å²) < 4.78 is 0. The van der Waals surface area contributed by atoms with E-state index in [-0.39, 0.29) is 0 Å². The molecule has 2 aromatic rings. The van der Waals surface area contributed by atoms with Crippen LogP contribution in [0.5, 0.6) is 0 Å². The molecule has 1 fully saturated rings. The van der Waals surface area contributed by atoms with Crippen molar-refractivity contribution in [3.8, 4) is 0 Å². The Morgan fingerprint density at radius 1 is 1.00 bits per heavy atom. The van der Waals surface area contributed by atoms with E-state index in [1.165, 1.54) is 71.8 Å². The van der Waals surface area contributed by atoms with Gasteiger partial charge in [-0.1, -0.05) is 43.3 Å². The average Bonchev–Trinajstić information content (AvgIpc) is 2.71. The summed E-state index contributed by atoms with van der Waals surface area (Å²) in [6.07, 6.45) is 4.15. The van der Waals surface area contributed by atoms with Crippen LogP contribution in [0.2, 0.25) is 0 Å². The lowest BCUT2D eigenvalue weighted by Crippen LogP contribution is -2.31. The van der Waals surface area contributed by atoms with Crippen molar-refractivity contribution in [2.75, 3.05) is 30.7 Å². The van der Waals surface area contributed by atoms with Crippen LogP contribution in [0.3, 0.4) is 0 Å². The maximum atomic E-state index is 4.19. The molecule has 4 rings (SSSR count). The van der Waals surface area contributed by atoms with E-state index in [1.807, 2.05) is 11.8 Å². The molecule has 2 heterocycles. The lowest BCUT2D eigenvalue weighted by Gasteiger charge is -2.26. The molecular formula is C24H28N2S. The zero-order valence-electron chi connectivity index (χ0n) is 16.1. The number of nitrogens with zero attached hydrogens (tertiary/aromatic N) is 1. The van der Waals surface area contributed by atoms with Gasteiger partial charge in [-0.3, -0.25) is 0 Å². The van der Waals surface area contributed by atoms with Gasteiger partial charge in [0.1, 0.15) is 0 Å². The molecule has 0 aliphatic carbocycles. The number of fused-ring (bicyclic) bond motifs is 1. The molecule has 0 bridgehead atoms. The number of allylic oxidation sites excluding steroid dienone is 1. The van der Waals surface area contributed by atoms with Gasteiger partial charge in [-0.2, -0.15) is 0 Å². The Balaban J connectivity index is 1.47. The Bertz CT molecular complexity index is 845. The first-order valence-corrected chi connectivity index (χ1v) is 10.9. The minimum atomic E-state index is 0.990. The van der Waals surface area contributed by atoms with Crippen molar-refractivity contribution in [1.82, 2.24) is 4.90 Å². The molecule has 140 valence electrons. The number of anilines is 1. The van der Waals surface area contributed by atoms with Crippen molar-refractivity contribution in [2.24, 2.45) is 0 Å². The number of likely N-dealkylation sites (tertiary alicyclic amines) is 1. The van der Waals surface area contributed by atoms with Crippen LogP contribution in [0.4, 0.5) is 5.69 Å². The highest BCUT2D eigenvalue weighted by Gasteiger charge is 2.19. The minimum absolute atomic E-state index is 0.990. The van der Waals surface area contributed by atoms with E-state index in [4.69, 9.17) is 0 Å². The first kappa shape index (κ1) is 18.4. The third kappa shape index (κ3) is 4.15. The van der Waals surface area contributed by atoms with E-state index in [0.717, 1.165) is 11.4 Å². The fourth-order valence-corrected chi connectivity index (χ4v) is 4.90. The van der Waals surface area contributed by atoms with Gasteiger partial charge in [0.15, 0.2) is 0 Å². The summed E-state index contributed by atoms with van der Waals surface area (Å²) in [5, 5.41) is 3.42. The SMILES string of the molecule is C=C1Nc2ccccc2C(c2ccc(SCCN3CCCCC3)cc2)=C1C. The maximum absolute atomic E-state index is 4.19. The fourth-order valence-electron chi connectivity index (χ4n) is 3.98. The molecule has 0 saturated carbocycles. The van der Waals surface area contributed by atoms with Gasteiger partial charge < -0.3 is 10.2 Å². The Morgan fingerprint density at radius 3 is 2.52 bits per heavy atom. The molecule has 2 nitrogen and oxygen atoms in total. The summed E-state index contributed by atoms with van der Waals surface area (Å²) in [7, 11) is 0. The summed E-state index contributed by atoms with van der Waals surface area (Å²) in [4.78, 5) is 3.96. The van der Waals surface area contributed by atoms with Crippen molar-refractivity contribution in [3.05, 3.63) is 77.5 Å². The number of rotatable bonds is 5. The first-order chi connectivity index (χ1) is 13.2. The number of para-hydroxylation sites is 1. The van der Waals surface area contributed by atoms with E-state index >= 15 is 0 Å². The average molecular weight is 377 g/mol. The highest BCUT2D eigenvalue weighted by atomic mass is 32.2. The molecule has 3 heteroatoms. The number of thioether (sulfide) groups is 1. The van der Waals surface area contributed by atoms with E-state index in [0.29, 0.717) is 0 Å². The summed E-state index contributed by atoms with van der Waals surface area (Å²) in [6, 6.07) is 17.5. The lowest BCUT2D eigenvalue weighted by atomic mass is 9.89. The largest absolute Gasteiger partial charge is 0.355 e. The highest BCUT2D eigenvalue weighted by molar-refractivity contribution is 7.99. The van der Waals surface area contributed by atoms with Gasteiger partial charge in [-0.05, 0) is 67.8 Å². The topological polar surface area (TPSA) is 15.3 Å². The van der Waals surface area contributed by atoms with E-state index in [2.05, 4.69) is 72.3 Å². The predicted molar refractivity (Wildman–Crippen MR) is 118 cm³/mol. The van der Waals surface area contributed by atoms with Crippen molar-refractivity contribution < 1.29 is 0 Å². The second-order valence-electron chi connectivity index (χ2n) is 7.42. The third-order valence-electron chi connectivity index (χ3n) is 5.58. The lowest BCUT2D eigenvalue weighted by molar-refractivity contribution is 0.242. The Labute approximate surface area is 167 Å². The smallest absolute Gasteiger partial charge is 0.0464 e. The van der Waals surface area contributed by atoms with Crippen molar-refractivity contribution in [2.45, 2.75) is 31.1 Å². The van der Waals surface area contributed by atoms with Gasteiger partial charge in [0, 0.05) is 34.1 Å². The van der Waals surface area contributed by atoms with Gasteiger partial charge in [0.2, 0.25) is 0 Å². The molecule has 2 aliphatic heterocycles. The van der Waals surface area contributed by atoms with E-state index in [1.54, 1.807) is 0 Å². The molecule has 2 aliphatic rings. The van der Waals surface area contributed by atoms with Crippen molar-refractivity contribution in [1.29, 1.82) is 0 Å². The standard InChI is InChI=1S/C24H28N2S/c1-18-19(2)25-23-9-5-4-8-22(23)24(18)20-10-12-21(13-11-20)27-17-16-26-14-6-3-7-15-26/h4-5,8-13,25H,2-3,6-7,14-17H2,1H3. The quantitative estimate of drug-likeness (QED) is 0.642. The van der Waals surface area contributed by atoms with Crippen molar-refractivity contribution >= 4 is 23.0 Å². The number of hydrogen-bond donors (Lipinski definition) is 1. The van der Waals surface area contributed by atoms with Crippen LogP contribution in [-0.2, 0) is 0 Å². The van der Waals surface area contributed by atoms with Gasteiger partial charge >= 0.3 is 0 Å². The van der Waals surface area contributed by atoms with Gasteiger partial charge in [-0.25, -0.2) is 0 Å². The summed E-state index contributed by atoms with van der Waals surface area (Å²) in [6.45, 7) is 10.1. The van der Waals surface area contributed by atoms with Crippen LogP contribution < -0.4 is 5.32 Å². The number of benzene rings is 2. The zero-order valence-corrected chi connectivity index (χ0v) is 16.9. The number of hydrogen-bond acceptors (Lipinski definition) is 3. The molecule has 0 unspecified atom stereocenters. The normalized spacial score (nSPS) is 17.6. The monoisotopic (exact) mass is 376 g/mol. The second kappa shape index (κ2) is 8.37. The van der Waals surface area contributed by atoms with Crippen LogP contribution in [0.1, 0.15) is 37.3 Å². The first-order valence-electron chi connectivity index (χ1n) is 9.94. The fraction of sp³-hybridized carbons (Fsp3) is 0.333. The van der Waals surface area contributed by atoms with Crippen LogP contribution >= 0.6 is 11.8 Å². The summed E-state index contributed by atoms with van der Waals surface area (Å²) in [5.41, 5.74) is 7.17. The summed E-state index contributed by atoms with van der Waals surface area (Å²) in [5.74, 6) is 1.17. The van der Waals surface area contributed by atoms with E-state index in [9.17, 15) is 0 Å². The number of piperidine rings is 1. The van der Waals surface area contributed by atoms with Crippen LogP contribution in [0, 0.1) is 0 Å².